The number of methoxy groups -OCH3 is 2. The van der Waals surface area contributed by atoms with Crippen LogP contribution in [0.15, 0.2) is 78.9 Å². The number of carbonyl (C=O) groups is 1. The van der Waals surface area contributed by atoms with E-state index in [1.54, 1.807) is 14.2 Å². The van der Waals surface area contributed by atoms with Gasteiger partial charge in [0.15, 0.2) is 11.5 Å². The lowest BCUT2D eigenvalue weighted by Crippen LogP contribution is -2.36. The summed E-state index contributed by atoms with van der Waals surface area (Å²) in [5.41, 5.74) is 5.41. The van der Waals surface area contributed by atoms with Crippen LogP contribution in [0.2, 0.25) is 0 Å². The van der Waals surface area contributed by atoms with E-state index >= 15 is 0 Å². The highest BCUT2D eigenvalue weighted by Crippen LogP contribution is 2.48. The number of hydrogen-bond acceptors (Lipinski definition) is 3. The second kappa shape index (κ2) is 8.62. The zero-order valence-electron chi connectivity index (χ0n) is 19.2. The monoisotopic (exact) mass is 437 g/mol. The van der Waals surface area contributed by atoms with Gasteiger partial charge in [0.05, 0.1) is 20.8 Å². The Bertz CT molecular complexity index is 1330. The molecule has 0 saturated carbocycles. The number of amides is 1. The SMILES string of the molecule is COc1cccc(C2CC(=O)N(Cc3ccc(C)cc3)c3ccc4ccccc4c32)c1OC. The second-order valence-corrected chi connectivity index (χ2v) is 8.52. The van der Waals surface area contributed by atoms with Gasteiger partial charge in [-0.2, -0.15) is 0 Å². The molecular formula is C29H27NO3. The van der Waals surface area contributed by atoms with Gasteiger partial charge < -0.3 is 14.4 Å². The Morgan fingerprint density at radius 1 is 0.879 bits per heavy atom. The number of hydrogen-bond donors (Lipinski definition) is 0. The molecule has 1 amide bonds. The van der Waals surface area contributed by atoms with E-state index in [9.17, 15) is 4.79 Å². The first-order chi connectivity index (χ1) is 16.1. The third-order valence-corrected chi connectivity index (χ3v) is 6.54. The quantitative estimate of drug-likeness (QED) is 0.371. The number of ether oxygens (including phenoxy) is 2. The van der Waals surface area contributed by atoms with Crippen molar-refractivity contribution in [1.29, 1.82) is 0 Å². The van der Waals surface area contributed by atoms with E-state index in [1.165, 1.54) is 5.56 Å². The summed E-state index contributed by atoms with van der Waals surface area (Å²) in [6, 6.07) is 26.8. The molecule has 4 aromatic carbocycles. The first-order valence-corrected chi connectivity index (χ1v) is 11.2. The summed E-state index contributed by atoms with van der Waals surface area (Å²) in [5.74, 6) is 1.33. The maximum Gasteiger partial charge on any atom is 0.228 e. The molecule has 166 valence electrons. The lowest BCUT2D eigenvalue weighted by atomic mass is 9.80. The van der Waals surface area contributed by atoms with Crippen LogP contribution < -0.4 is 14.4 Å². The Hall–Kier alpha value is -3.79. The summed E-state index contributed by atoms with van der Waals surface area (Å²) in [6.07, 6.45) is 0.371. The molecule has 0 aliphatic carbocycles. The van der Waals surface area contributed by atoms with E-state index in [2.05, 4.69) is 61.5 Å². The van der Waals surface area contributed by atoms with E-state index in [-0.39, 0.29) is 11.8 Å². The predicted octanol–water partition coefficient (Wildman–Crippen LogP) is 6.23. The third-order valence-electron chi connectivity index (χ3n) is 6.54. The highest BCUT2D eigenvalue weighted by molar-refractivity contribution is 6.03. The zero-order valence-corrected chi connectivity index (χ0v) is 19.2. The standard InChI is InChI=1S/C29H27NO3/c1-19-11-13-20(14-12-19)18-30-25-16-15-21-7-4-5-8-22(21)28(25)24(17-27(30)31)23-9-6-10-26(32-2)29(23)33-3/h4-16,24H,17-18H2,1-3H3. The van der Waals surface area contributed by atoms with Crippen molar-refractivity contribution < 1.29 is 14.3 Å². The molecule has 4 nitrogen and oxygen atoms in total. The molecule has 0 saturated heterocycles. The third kappa shape index (κ3) is 3.72. The fourth-order valence-corrected chi connectivity index (χ4v) is 4.91. The molecule has 1 atom stereocenters. The Balaban J connectivity index is 1.70. The molecule has 33 heavy (non-hydrogen) atoms. The number of rotatable bonds is 5. The number of fused-ring (bicyclic) bond motifs is 3. The molecule has 0 aromatic heterocycles. The van der Waals surface area contributed by atoms with Crippen LogP contribution in [-0.4, -0.2) is 20.1 Å². The minimum atomic E-state index is -0.127. The first kappa shape index (κ1) is 21.1. The smallest absolute Gasteiger partial charge is 0.228 e. The van der Waals surface area contributed by atoms with Crippen molar-refractivity contribution >= 4 is 22.4 Å². The maximum atomic E-state index is 13.6. The Labute approximate surface area is 194 Å². The average Bonchev–Trinajstić information content (AvgIpc) is 2.85. The van der Waals surface area contributed by atoms with Crippen LogP contribution >= 0.6 is 0 Å². The van der Waals surface area contributed by atoms with Gasteiger partial charge in [0, 0.05) is 23.6 Å². The number of anilines is 1. The van der Waals surface area contributed by atoms with Crippen LogP contribution in [0, 0.1) is 6.92 Å². The van der Waals surface area contributed by atoms with Crippen LogP contribution in [-0.2, 0) is 11.3 Å². The summed E-state index contributed by atoms with van der Waals surface area (Å²) in [7, 11) is 3.29. The average molecular weight is 438 g/mol. The van der Waals surface area contributed by atoms with Gasteiger partial charge in [-0.3, -0.25) is 4.79 Å². The molecule has 0 bridgehead atoms. The van der Waals surface area contributed by atoms with Gasteiger partial charge >= 0.3 is 0 Å². The second-order valence-electron chi connectivity index (χ2n) is 8.52. The van der Waals surface area contributed by atoms with E-state index in [4.69, 9.17) is 9.47 Å². The van der Waals surface area contributed by atoms with Crippen molar-refractivity contribution in [2.24, 2.45) is 0 Å². The minimum Gasteiger partial charge on any atom is -0.493 e. The molecule has 0 fully saturated rings. The molecule has 4 heteroatoms. The molecule has 0 N–H and O–H groups in total. The fraction of sp³-hybridized carbons (Fsp3) is 0.207. The van der Waals surface area contributed by atoms with Gasteiger partial charge in [0.1, 0.15) is 0 Å². The lowest BCUT2D eigenvalue weighted by Gasteiger charge is -2.36. The van der Waals surface area contributed by atoms with Gasteiger partial charge in [0.25, 0.3) is 0 Å². The molecule has 1 unspecified atom stereocenters. The minimum absolute atomic E-state index is 0.105. The number of carbonyl (C=O) groups excluding carboxylic acids is 1. The number of para-hydroxylation sites is 1. The van der Waals surface area contributed by atoms with Crippen LogP contribution in [0.1, 0.15) is 34.6 Å². The first-order valence-electron chi connectivity index (χ1n) is 11.2. The molecule has 1 aliphatic rings. The Kier molecular flexibility index (Phi) is 5.51. The highest BCUT2D eigenvalue weighted by Gasteiger charge is 2.35. The summed E-state index contributed by atoms with van der Waals surface area (Å²) < 4.78 is 11.3. The predicted molar refractivity (Wildman–Crippen MR) is 132 cm³/mol. The summed E-state index contributed by atoms with van der Waals surface area (Å²) in [4.78, 5) is 15.5. The zero-order chi connectivity index (χ0) is 22.9. The van der Waals surface area contributed by atoms with Gasteiger partial charge in [-0.1, -0.05) is 72.3 Å². The number of benzene rings is 4. The summed E-state index contributed by atoms with van der Waals surface area (Å²) in [5, 5.41) is 2.32. The van der Waals surface area contributed by atoms with E-state index in [0.717, 1.165) is 33.2 Å². The van der Waals surface area contributed by atoms with Crippen molar-refractivity contribution in [3.8, 4) is 11.5 Å². The van der Waals surface area contributed by atoms with Crippen molar-refractivity contribution in [3.05, 3.63) is 101 Å². The van der Waals surface area contributed by atoms with Gasteiger partial charge in [-0.25, -0.2) is 0 Å². The van der Waals surface area contributed by atoms with Crippen LogP contribution in [0.4, 0.5) is 5.69 Å². The van der Waals surface area contributed by atoms with Gasteiger partial charge in [-0.15, -0.1) is 0 Å². The molecule has 1 heterocycles. The van der Waals surface area contributed by atoms with Gasteiger partial charge in [0.2, 0.25) is 5.91 Å². The summed E-state index contributed by atoms with van der Waals surface area (Å²) in [6.45, 7) is 2.62. The molecule has 4 aromatic rings. The Morgan fingerprint density at radius 2 is 1.67 bits per heavy atom. The largest absolute Gasteiger partial charge is 0.493 e. The van der Waals surface area contributed by atoms with Crippen molar-refractivity contribution in [1.82, 2.24) is 0 Å². The van der Waals surface area contributed by atoms with E-state index in [0.29, 0.717) is 24.5 Å². The number of aryl methyl sites for hydroxylation is 1. The molecule has 0 spiro atoms. The Morgan fingerprint density at radius 3 is 2.42 bits per heavy atom. The van der Waals surface area contributed by atoms with Gasteiger partial charge in [-0.05, 0) is 41.0 Å². The molecular weight excluding hydrogens is 410 g/mol. The van der Waals surface area contributed by atoms with E-state index in [1.807, 2.05) is 29.2 Å². The topological polar surface area (TPSA) is 38.8 Å². The van der Waals surface area contributed by atoms with Crippen molar-refractivity contribution in [2.45, 2.75) is 25.8 Å². The molecule has 0 radical (unpaired) electrons. The lowest BCUT2D eigenvalue weighted by molar-refractivity contribution is -0.119. The molecule has 5 rings (SSSR count). The number of nitrogens with zero attached hydrogens (tertiary/aromatic N) is 1. The maximum absolute atomic E-state index is 13.6. The molecule has 1 aliphatic heterocycles. The van der Waals surface area contributed by atoms with Crippen molar-refractivity contribution in [3.63, 3.8) is 0 Å². The van der Waals surface area contributed by atoms with E-state index < -0.39 is 0 Å². The fourth-order valence-electron chi connectivity index (χ4n) is 4.91. The normalized spacial score (nSPS) is 15.4. The van der Waals surface area contributed by atoms with Crippen LogP contribution in [0.5, 0.6) is 11.5 Å². The van der Waals surface area contributed by atoms with Crippen molar-refractivity contribution in [2.75, 3.05) is 19.1 Å². The van der Waals surface area contributed by atoms with Crippen LogP contribution in [0.3, 0.4) is 0 Å². The van der Waals surface area contributed by atoms with Crippen LogP contribution in [0.25, 0.3) is 10.8 Å². The highest BCUT2D eigenvalue weighted by atomic mass is 16.5. The summed E-state index contributed by atoms with van der Waals surface area (Å²) >= 11 is 0.